The zero-order valence-electron chi connectivity index (χ0n) is 11.1. The Morgan fingerprint density at radius 3 is 2.80 bits per heavy atom. The summed E-state index contributed by atoms with van der Waals surface area (Å²) in [5, 5.41) is 3.25. The second kappa shape index (κ2) is 7.61. The lowest BCUT2D eigenvalue weighted by Gasteiger charge is -2.12. The molecule has 8 heteroatoms. The highest BCUT2D eigenvalue weighted by Crippen LogP contribution is 2.27. The average Bonchev–Trinajstić information content (AvgIpc) is 2.89. The summed E-state index contributed by atoms with van der Waals surface area (Å²) in [6.45, 7) is 1.38. The Labute approximate surface area is 134 Å². The summed E-state index contributed by atoms with van der Waals surface area (Å²) in [5.74, 6) is 0.608. The third-order valence-electron chi connectivity index (χ3n) is 3.12. The number of benzene rings is 1. The highest BCUT2D eigenvalue weighted by Gasteiger charge is 2.20. The molecule has 2 N–H and O–H groups in total. The Morgan fingerprint density at radius 1 is 1.50 bits per heavy atom. The van der Waals surface area contributed by atoms with Crippen LogP contribution in [0.3, 0.4) is 0 Å². The van der Waals surface area contributed by atoms with Crippen LogP contribution in [0.4, 0.5) is 0 Å². The Hall–Kier alpha value is -0.340. The van der Waals surface area contributed by atoms with E-state index in [-0.39, 0.29) is 23.3 Å². The van der Waals surface area contributed by atoms with Crippen molar-refractivity contribution in [3.63, 3.8) is 0 Å². The van der Waals surface area contributed by atoms with E-state index in [9.17, 15) is 8.42 Å². The highest BCUT2D eigenvalue weighted by atomic mass is 79.9. The molecular formula is C12H18BrClN2O3S. The van der Waals surface area contributed by atoms with Crippen LogP contribution in [0.5, 0.6) is 5.75 Å². The van der Waals surface area contributed by atoms with Crippen LogP contribution in [0.2, 0.25) is 0 Å². The Kier molecular flexibility index (Phi) is 6.74. The van der Waals surface area contributed by atoms with Gasteiger partial charge in [0.1, 0.15) is 5.75 Å². The molecule has 1 fully saturated rings. The van der Waals surface area contributed by atoms with Crippen molar-refractivity contribution in [3.05, 3.63) is 22.7 Å². The van der Waals surface area contributed by atoms with Gasteiger partial charge in [-0.25, -0.2) is 13.1 Å². The van der Waals surface area contributed by atoms with E-state index in [2.05, 4.69) is 26.0 Å². The molecule has 1 aromatic carbocycles. The zero-order chi connectivity index (χ0) is 13.9. The molecule has 1 unspecified atom stereocenters. The number of nitrogens with one attached hydrogen (secondary N) is 2. The zero-order valence-corrected chi connectivity index (χ0v) is 14.3. The fourth-order valence-electron chi connectivity index (χ4n) is 2.04. The van der Waals surface area contributed by atoms with E-state index in [1.165, 1.54) is 13.2 Å². The van der Waals surface area contributed by atoms with Crippen LogP contribution in [0, 0.1) is 0 Å². The van der Waals surface area contributed by atoms with Crippen LogP contribution in [-0.2, 0) is 10.0 Å². The molecule has 0 aromatic heterocycles. The van der Waals surface area contributed by atoms with Gasteiger partial charge in [-0.15, -0.1) is 12.4 Å². The van der Waals surface area contributed by atoms with Crippen LogP contribution in [0.25, 0.3) is 0 Å². The van der Waals surface area contributed by atoms with Crippen molar-refractivity contribution in [1.29, 1.82) is 0 Å². The van der Waals surface area contributed by atoms with Crippen molar-refractivity contribution in [3.8, 4) is 5.75 Å². The summed E-state index contributed by atoms with van der Waals surface area (Å²) in [6, 6.07) is 4.94. The van der Waals surface area contributed by atoms with Gasteiger partial charge in [0.15, 0.2) is 0 Å². The van der Waals surface area contributed by atoms with Crippen molar-refractivity contribution >= 4 is 38.4 Å². The summed E-state index contributed by atoms with van der Waals surface area (Å²) >= 11 is 3.29. The fourth-order valence-corrected chi connectivity index (χ4v) is 3.84. The first kappa shape index (κ1) is 17.7. The van der Waals surface area contributed by atoms with Crippen LogP contribution < -0.4 is 14.8 Å². The Balaban J connectivity index is 0.00000200. The molecule has 20 heavy (non-hydrogen) atoms. The summed E-state index contributed by atoms with van der Waals surface area (Å²) in [4.78, 5) is 0.234. The van der Waals surface area contributed by atoms with Gasteiger partial charge in [0.25, 0.3) is 0 Å². The number of halogens is 2. The van der Waals surface area contributed by atoms with E-state index in [1.807, 2.05) is 0 Å². The van der Waals surface area contributed by atoms with Gasteiger partial charge in [0, 0.05) is 12.6 Å². The van der Waals surface area contributed by atoms with E-state index in [0.717, 1.165) is 19.4 Å². The third-order valence-corrected chi connectivity index (χ3v) is 5.16. The second-order valence-electron chi connectivity index (χ2n) is 4.44. The third kappa shape index (κ3) is 4.33. The van der Waals surface area contributed by atoms with Gasteiger partial charge >= 0.3 is 0 Å². The molecule has 0 radical (unpaired) electrons. The summed E-state index contributed by atoms with van der Waals surface area (Å²) in [5.41, 5.74) is 0. The van der Waals surface area contributed by atoms with E-state index in [1.54, 1.807) is 12.1 Å². The predicted octanol–water partition coefficient (Wildman–Crippen LogP) is 1.91. The number of methoxy groups -OCH3 is 1. The molecule has 1 atom stereocenters. The predicted molar refractivity (Wildman–Crippen MR) is 84.2 cm³/mol. The van der Waals surface area contributed by atoms with E-state index in [4.69, 9.17) is 4.74 Å². The summed E-state index contributed by atoms with van der Waals surface area (Å²) < 4.78 is 32.6. The molecule has 1 aliphatic rings. The van der Waals surface area contributed by atoms with Gasteiger partial charge in [0.05, 0.1) is 16.5 Å². The second-order valence-corrected chi connectivity index (χ2v) is 7.06. The molecule has 0 aliphatic carbocycles. The molecule has 1 heterocycles. The van der Waals surface area contributed by atoms with Crippen molar-refractivity contribution in [2.75, 3.05) is 20.2 Å². The quantitative estimate of drug-likeness (QED) is 0.812. The standard InChI is InChI=1S/C12H17BrN2O3S.ClH/c1-18-12-5-4-10(7-11(12)13)19(16,17)15-8-9-3-2-6-14-9;/h4-5,7,9,14-15H,2-3,6,8H2,1H3;1H. The van der Waals surface area contributed by atoms with E-state index < -0.39 is 10.0 Å². The number of sulfonamides is 1. The molecule has 1 saturated heterocycles. The van der Waals surface area contributed by atoms with Crippen molar-refractivity contribution in [1.82, 2.24) is 10.0 Å². The van der Waals surface area contributed by atoms with Crippen molar-refractivity contribution in [2.24, 2.45) is 0 Å². The monoisotopic (exact) mass is 384 g/mol. The molecule has 5 nitrogen and oxygen atoms in total. The number of hydrogen-bond donors (Lipinski definition) is 2. The SMILES string of the molecule is COc1ccc(S(=O)(=O)NCC2CCCN2)cc1Br.Cl. The Morgan fingerprint density at radius 2 is 2.25 bits per heavy atom. The molecule has 1 aromatic rings. The van der Waals surface area contributed by atoms with E-state index >= 15 is 0 Å². The fraction of sp³-hybridized carbons (Fsp3) is 0.500. The van der Waals surface area contributed by atoms with Crippen molar-refractivity contribution in [2.45, 2.75) is 23.8 Å². The topological polar surface area (TPSA) is 67.4 Å². The first-order valence-corrected chi connectivity index (χ1v) is 8.37. The van der Waals surface area contributed by atoms with Gasteiger partial charge in [-0.3, -0.25) is 0 Å². The average molecular weight is 386 g/mol. The van der Waals surface area contributed by atoms with Crippen molar-refractivity contribution < 1.29 is 13.2 Å². The molecule has 114 valence electrons. The van der Waals surface area contributed by atoms with E-state index in [0.29, 0.717) is 16.8 Å². The highest BCUT2D eigenvalue weighted by molar-refractivity contribution is 9.10. The minimum Gasteiger partial charge on any atom is -0.496 e. The smallest absolute Gasteiger partial charge is 0.240 e. The molecule has 0 saturated carbocycles. The molecular weight excluding hydrogens is 368 g/mol. The molecule has 2 rings (SSSR count). The van der Waals surface area contributed by atoms with Gasteiger partial charge < -0.3 is 10.1 Å². The lowest BCUT2D eigenvalue weighted by Crippen LogP contribution is -2.37. The van der Waals surface area contributed by atoms with Crippen LogP contribution in [-0.4, -0.2) is 34.7 Å². The van der Waals surface area contributed by atoms with Gasteiger partial charge in [-0.05, 0) is 53.5 Å². The minimum absolute atomic E-state index is 0. The number of ether oxygens (including phenoxy) is 1. The maximum Gasteiger partial charge on any atom is 0.240 e. The summed E-state index contributed by atoms with van der Waals surface area (Å²) in [6.07, 6.45) is 2.11. The van der Waals surface area contributed by atoms with Gasteiger partial charge in [0.2, 0.25) is 10.0 Å². The van der Waals surface area contributed by atoms with Crippen LogP contribution in [0.15, 0.2) is 27.6 Å². The number of hydrogen-bond acceptors (Lipinski definition) is 4. The molecule has 0 spiro atoms. The molecule has 0 amide bonds. The maximum absolute atomic E-state index is 12.1. The maximum atomic E-state index is 12.1. The normalized spacial score (nSPS) is 18.6. The first-order valence-electron chi connectivity index (χ1n) is 6.09. The van der Waals surface area contributed by atoms with Gasteiger partial charge in [-0.1, -0.05) is 0 Å². The first-order chi connectivity index (χ1) is 9.03. The molecule has 0 bridgehead atoms. The summed E-state index contributed by atoms with van der Waals surface area (Å²) in [7, 11) is -1.93. The Bertz CT molecular complexity index is 548. The van der Waals surface area contributed by atoms with Crippen LogP contribution in [0.1, 0.15) is 12.8 Å². The van der Waals surface area contributed by atoms with Gasteiger partial charge in [-0.2, -0.15) is 0 Å². The lowest BCUT2D eigenvalue weighted by molar-refractivity contribution is 0.411. The number of rotatable bonds is 5. The molecule has 1 aliphatic heterocycles. The minimum atomic E-state index is -3.47. The largest absolute Gasteiger partial charge is 0.496 e. The lowest BCUT2D eigenvalue weighted by atomic mass is 10.2. The van der Waals surface area contributed by atoms with Crippen LogP contribution >= 0.6 is 28.3 Å².